The molecule has 8 heteroatoms. The molecule has 1 saturated heterocycles. The van der Waals surface area contributed by atoms with E-state index in [2.05, 4.69) is 26.8 Å². The molecule has 0 saturated carbocycles. The minimum Gasteiger partial charge on any atom is -0.349 e. The average molecular weight is 406 g/mol. The summed E-state index contributed by atoms with van der Waals surface area (Å²) >= 11 is 0. The fourth-order valence-corrected chi connectivity index (χ4v) is 3.57. The molecule has 30 heavy (non-hydrogen) atoms. The smallest absolute Gasteiger partial charge is 0.298 e. The number of likely N-dealkylation sites (N-methyl/N-ethyl adjacent to an activating group) is 1. The number of benzene rings is 1. The number of hydrogen-bond donors (Lipinski definition) is 1. The van der Waals surface area contributed by atoms with Gasteiger partial charge in [0, 0.05) is 56.0 Å². The van der Waals surface area contributed by atoms with Crippen molar-refractivity contribution >= 4 is 5.82 Å². The molecule has 0 radical (unpaired) electrons. The molecular formula is C22H27N7O. The molecule has 0 aliphatic carbocycles. The minimum absolute atomic E-state index is 0.0974. The second-order valence-electron chi connectivity index (χ2n) is 7.53. The van der Waals surface area contributed by atoms with Crippen LogP contribution in [0.3, 0.4) is 0 Å². The number of aryl methyl sites for hydroxylation is 1. The lowest BCUT2D eigenvalue weighted by Crippen LogP contribution is -2.47. The molecule has 3 aromatic rings. The van der Waals surface area contributed by atoms with Gasteiger partial charge in [0.2, 0.25) is 0 Å². The molecule has 3 heterocycles. The van der Waals surface area contributed by atoms with Crippen molar-refractivity contribution in [3.05, 3.63) is 65.0 Å². The molecule has 0 amide bonds. The zero-order chi connectivity index (χ0) is 20.9. The lowest BCUT2D eigenvalue weighted by atomic mass is 10.2. The van der Waals surface area contributed by atoms with Gasteiger partial charge in [0.1, 0.15) is 0 Å². The van der Waals surface area contributed by atoms with Crippen LogP contribution < -0.4 is 16.2 Å². The summed E-state index contributed by atoms with van der Waals surface area (Å²) in [6.45, 7) is 4.02. The number of rotatable bonds is 6. The van der Waals surface area contributed by atoms with E-state index in [1.165, 1.54) is 0 Å². The molecule has 156 valence electrons. The van der Waals surface area contributed by atoms with Crippen LogP contribution in [0.1, 0.15) is 12.1 Å². The van der Waals surface area contributed by atoms with E-state index >= 15 is 0 Å². The third kappa shape index (κ3) is 4.39. The highest BCUT2D eigenvalue weighted by molar-refractivity contribution is 5.57. The summed E-state index contributed by atoms with van der Waals surface area (Å²) in [5, 5.41) is 0. The molecule has 8 nitrogen and oxygen atoms in total. The Morgan fingerprint density at radius 2 is 1.73 bits per heavy atom. The van der Waals surface area contributed by atoms with Crippen molar-refractivity contribution in [2.45, 2.75) is 12.8 Å². The Kier molecular flexibility index (Phi) is 6.15. The van der Waals surface area contributed by atoms with Crippen LogP contribution in [-0.4, -0.2) is 64.2 Å². The van der Waals surface area contributed by atoms with Gasteiger partial charge in [0.15, 0.2) is 11.6 Å². The Hall–Kier alpha value is -3.10. The molecule has 1 aliphatic rings. The molecule has 1 aliphatic heterocycles. The standard InChI is InChI=1S/C22H27N7O/c1-27-12-14-28(15-13-27)21-22(30)29(16-18(26-21)4-2-9-23)19-7-5-17(6-8-19)20-24-10-3-11-25-20/h3,5-8,10-11,16H,2,4,9,12-15,23H2,1H3. The van der Waals surface area contributed by atoms with Gasteiger partial charge in [0.25, 0.3) is 5.56 Å². The Bertz CT molecular complexity index is 1030. The first-order valence-electron chi connectivity index (χ1n) is 10.3. The number of nitrogens with zero attached hydrogens (tertiary/aromatic N) is 6. The maximum atomic E-state index is 13.3. The molecule has 2 N–H and O–H groups in total. The van der Waals surface area contributed by atoms with E-state index in [4.69, 9.17) is 10.7 Å². The molecule has 2 aromatic heterocycles. The fourth-order valence-electron chi connectivity index (χ4n) is 3.57. The van der Waals surface area contributed by atoms with Crippen molar-refractivity contribution < 1.29 is 0 Å². The van der Waals surface area contributed by atoms with E-state index in [1.54, 1.807) is 23.0 Å². The summed E-state index contributed by atoms with van der Waals surface area (Å²) in [7, 11) is 2.10. The highest BCUT2D eigenvalue weighted by Gasteiger charge is 2.20. The van der Waals surface area contributed by atoms with E-state index in [-0.39, 0.29) is 5.56 Å². The van der Waals surface area contributed by atoms with Gasteiger partial charge in [-0.05, 0) is 56.8 Å². The van der Waals surface area contributed by atoms with Crippen molar-refractivity contribution in [2.75, 3.05) is 44.7 Å². The van der Waals surface area contributed by atoms with Crippen molar-refractivity contribution in [3.8, 4) is 17.1 Å². The monoisotopic (exact) mass is 405 g/mol. The van der Waals surface area contributed by atoms with E-state index in [9.17, 15) is 4.79 Å². The van der Waals surface area contributed by atoms with Gasteiger partial charge in [-0.15, -0.1) is 0 Å². The van der Waals surface area contributed by atoms with Gasteiger partial charge in [-0.25, -0.2) is 15.0 Å². The summed E-state index contributed by atoms with van der Waals surface area (Å²) < 4.78 is 1.70. The van der Waals surface area contributed by atoms with E-state index in [0.717, 1.165) is 56.0 Å². The highest BCUT2D eigenvalue weighted by atomic mass is 16.1. The summed E-state index contributed by atoms with van der Waals surface area (Å²) in [6, 6.07) is 9.51. The van der Waals surface area contributed by atoms with Crippen LogP contribution in [0.5, 0.6) is 0 Å². The zero-order valence-electron chi connectivity index (χ0n) is 17.2. The normalized spacial score (nSPS) is 14.8. The summed E-state index contributed by atoms with van der Waals surface area (Å²) in [5.41, 5.74) is 8.19. The second-order valence-corrected chi connectivity index (χ2v) is 7.53. The lowest BCUT2D eigenvalue weighted by molar-refractivity contribution is 0.311. The molecule has 0 spiro atoms. The maximum Gasteiger partial charge on any atom is 0.298 e. The number of anilines is 1. The number of aromatic nitrogens is 4. The van der Waals surface area contributed by atoms with Gasteiger partial charge >= 0.3 is 0 Å². The van der Waals surface area contributed by atoms with Gasteiger partial charge in [-0.1, -0.05) is 0 Å². The van der Waals surface area contributed by atoms with Crippen molar-refractivity contribution in [3.63, 3.8) is 0 Å². The van der Waals surface area contributed by atoms with Gasteiger partial charge in [-0.2, -0.15) is 0 Å². The van der Waals surface area contributed by atoms with Gasteiger partial charge in [0.05, 0.1) is 5.69 Å². The molecule has 0 unspecified atom stereocenters. The molecule has 0 atom stereocenters. The van der Waals surface area contributed by atoms with Crippen LogP contribution >= 0.6 is 0 Å². The molecule has 0 bridgehead atoms. The summed E-state index contributed by atoms with van der Waals surface area (Å²) in [6.07, 6.45) is 6.85. The Morgan fingerprint density at radius 1 is 1.03 bits per heavy atom. The van der Waals surface area contributed by atoms with Crippen molar-refractivity contribution in [1.29, 1.82) is 0 Å². The first-order chi connectivity index (χ1) is 14.7. The molecule has 4 rings (SSSR count). The van der Waals surface area contributed by atoms with Crippen LogP contribution in [0.4, 0.5) is 5.82 Å². The Morgan fingerprint density at radius 3 is 2.40 bits per heavy atom. The first kappa shape index (κ1) is 20.2. The minimum atomic E-state index is -0.0974. The lowest BCUT2D eigenvalue weighted by Gasteiger charge is -2.33. The molecule has 1 fully saturated rings. The second kappa shape index (κ2) is 9.15. The van der Waals surface area contributed by atoms with Crippen LogP contribution in [0.15, 0.2) is 53.7 Å². The van der Waals surface area contributed by atoms with Crippen molar-refractivity contribution in [2.24, 2.45) is 5.73 Å². The third-order valence-electron chi connectivity index (χ3n) is 5.35. The third-order valence-corrected chi connectivity index (χ3v) is 5.35. The fraction of sp³-hybridized carbons (Fsp3) is 0.364. The van der Waals surface area contributed by atoms with E-state index < -0.39 is 0 Å². The number of nitrogens with two attached hydrogens (primary N) is 1. The quantitative estimate of drug-likeness (QED) is 0.661. The van der Waals surface area contributed by atoms with Gasteiger partial charge < -0.3 is 15.5 Å². The topological polar surface area (TPSA) is 93.2 Å². The number of piperazine rings is 1. The molecular weight excluding hydrogens is 378 g/mol. The van der Waals surface area contributed by atoms with E-state index in [1.807, 2.05) is 30.5 Å². The van der Waals surface area contributed by atoms with Crippen LogP contribution in [0.2, 0.25) is 0 Å². The van der Waals surface area contributed by atoms with Crippen LogP contribution in [0.25, 0.3) is 17.1 Å². The Labute approximate surface area is 176 Å². The Balaban J connectivity index is 1.71. The number of hydrogen-bond acceptors (Lipinski definition) is 7. The summed E-state index contributed by atoms with van der Waals surface area (Å²) in [5.74, 6) is 1.18. The van der Waals surface area contributed by atoms with Crippen LogP contribution in [-0.2, 0) is 6.42 Å². The summed E-state index contributed by atoms with van der Waals surface area (Å²) in [4.78, 5) is 31.0. The van der Waals surface area contributed by atoms with Gasteiger partial charge in [-0.3, -0.25) is 9.36 Å². The SMILES string of the molecule is CN1CCN(c2nc(CCCN)cn(-c3ccc(-c4ncccn4)cc3)c2=O)CC1. The van der Waals surface area contributed by atoms with E-state index in [0.29, 0.717) is 18.2 Å². The average Bonchev–Trinajstić information content (AvgIpc) is 2.80. The predicted molar refractivity (Wildman–Crippen MR) is 118 cm³/mol. The first-order valence-corrected chi connectivity index (χ1v) is 10.3. The highest BCUT2D eigenvalue weighted by Crippen LogP contribution is 2.18. The molecule has 1 aromatic carbocycles. The van der Waals surface area contributed by atoms with Crippen molar-refractivity contribution in [1.82, 2.24) is 24.4 Å². The zero-order valence-corrected chi connectivity index (χ0v) is 17.2. The van der Waals surface area contributed by atoms with Crippen LogP contribution in [0, 0.1) is 0 Å². The maximum absolute atomic E-state index is 13.3. The largest absolute Gasteiger partial charge is 0.349 e. The predicted octanol–water partition coefficient (Wildman–Crippen LogP) is 1.33.